The highest BCUT2D eigenvalue weighted by atomic mass is 79.9. The number of fused-ring (bicyclic) bond motifs is 1. The molecule has 0 saturated heterocycles. The first-order valence-corrected chi connectivity index (χ1v) is 15.1. The van der Waals surface area contributed by atoms with E-state index in [2.05, 4.69) is 45.9 Å². The van der Waals surface area contributed by atoms with Gasteiger partial charge in [0.15, 0.2) is 0 Å². The number of halogens is 1. The topological polar surface area (TPSA) is 37.4 Å². The van der Waals surface area contributed by atoms with E-state index in [1.54, 1.807) is 10.4 Å². The lowest BCUT2D eigenvalue weighted by molar-refractivity contribution is -0.938. The summed E-state index contributed by atoms with van der Waals surface area (Å²) in [7, 11) is -3.50. The Morgan fingerprint density at radius 1 is 0.865 bits per heavy atom. The molecule has 6 heteroatoms. The maximum Gasteiger partial charge on any atom is 0.243 e. The van der Waals surface area contributed by atoms with Gasteiger partial charge in [-0.15, -0.1) is 0 Å². The second-order valence-electron chi connectivity index (χ2n) is 10.9. The third kappa shape index (κ3) is 7.66. The number of quaternary nitrogens is 1. The number of benzene rings is 3. The van der Waals surface area contributed by atoms with Crippen molar-refractivity contribution in [3.05, 3.63) is 77.4 Å². The van der Waals surface area contributed by atoms with Gasteiger partial charge in [0.1, 0.15) is 6.54 Å². The maximum atomic E-state index is 13.7. The predicted octanol–water partition coefficient (Wildman–Crippen LogP) is 3.70. The maximum absolute atomic E-state index is 13.7. The van der Waals surface area contributed by atoms with Crippen LogP contribution in [0.25, 0.3) is 10.8 Å². The fourth-order valence-electron chi connectivity index (χ4n) is 5.50. The van der Waals surface area contributed by atoms with Crippen LogP contribution in [0.3, 0.4) is 0 Å². The van der Waals surface area contributed by atoms with E-state index in [1.807, 2.05) is 36.4 Å². The van der Waals surface area contributed by atoms with Gasteiger partial charge in [-0.25, -0.2) is 8.42 Å². The van der Waals surface area contributed by atoms with Crippen molar-refractivity contribution in [2.45, 2.75) is 64.8 Å². The van der Waals surface area contributed by atoms with E-state index in [-0.39, 0.29) is 17.0 Å². The van der Waals surface area contributed by atoms with Crippen LogP contribution in [0.2, 0.25) is 0 Å². The van der Waals surface area contributed by atoms with Gasteiger partial charge in [0.05, 0.1) is 24.5 Å². The van der Waals surface area contributed by atoms with Gasteiger partial charge in [-0.2, -0.15) is 4.31 Å². The summed E-state index contributed by atoms with van der Waals surface area (Å²) in [5, 5.41) is 2.05. The Morgan fingerprint density at radius 2 is 1.51 bits per heavy atom. The van der Waals surface area contributed by atoms with Gasteiger partial charge in [0.2, 0.25) is 10.0 Å². The Bertz CT molecular complexity index is 1260. The molecule has 0 spiro atoms. The van der Waals surface area contributed by atoms with Gasteiger partial charge in [0, 0.05) is 18.7 Å². The molecule has 3 aromatic carbocycles. The zero-order valence-corrected chi connectivity index (χ0v) is 25.3. The second-order valence-corrected chi connectivity index (χ2v) is 12.8. The van der Waals surface area contributed by atoms with Crippen LogP contribution < -0.4 is 17.0 Å². The van der Waals surface area contributed by atoms with Crippen LogP contribution in [0.5, 0.6) is 0 Å². The van der Waals surface area contributed by atoms with Crippen LogP contribution in [0, 0.1) is 19.8 Å². The van der Waals surface area contributed by atoms with E-state index < -0.39 is 10.0 Å². The van der Waals surface area contributed by atoms with Crippen molar-refractivity contribution in [2.75, 3.05) is 32.7 Å². The molecule has 0 amide bonds. The largest absolute Gasteiger partial charge is 1.00 e. The molecular weight excluding hydrogens is 544 g/mol. The van der Waals surface area contributed by atoms with Crippen LogP contribution in [0.4, 0.5) is 0 Å². The fourth-order valence-corrected chi connectivity index (χ4v) is 7.09. The average Bonchev–Trinajstić information content (AvgIpc) is 3.68. The Morgan fingerprint density at radius 3 is 2.14 bits per heavy atom. The molecule has 0 unspecified atom stereocenters. The predicted molar refractivity (Wildman–Crippen MR) is 150 cm³/mol. The summed E-state index contributed by atoms with van der Waals surface area (Å²) < 4.78 is 30.2. The molecular formula is C31H43BrN2O2S. The van der Waals surface area contributed by atoms with Gasteiger partial charge < -0.3 is 21.5 Å². The van der Waals surface area contributed by atoms with Gasteiger partial charge in [-0.05, 0) is 82.2 Å². The van der Waals surface area contributed by atoms with Gasteiger partial charge in [-0.3, -0.25) is 0 Å². The number of hydrogen-bond acceptors (Lipinski definition) is 2. The molecule has 0 N–H and O–H groups in total. The second kappa shape index (κ2) is 12.9. The van der Waals surface area contributed by atoms with Gasteiger partial charge in [0.25, 0.3) is 0 Å². The first-order chi connectivity index (χ1) is 17.2. The normalized spacial score (nSPS) is 14.2. The van der Waals surface area contributed by atoms with Crippen molar-refractivity contribution in [3.63, 3.8) is 0 Å². The molecule has 37 heavy (non-hydrogen) atoms. The van der Waals surface area contributed by atoms with Crippen molar-refractivity contribution in [2.24, 2.45) is 5.92 Å². The Kier molecular flexibility index (Phi) is 10.4. The molecule has 0 aromatic heterocycles. The SMILES string of the molecule is CC[N+](CC)(CCCCN(CC1CC1)S(=O)(=O)c1ccc2ccccc2c1)Cc1cc(C)cc(C)c1.[Br-]. The number of nitrogens with zero attached hydrogens (tertiary/aromatic N) is 2. The highest BCUT2D eigenvalue weighted by Gasteiger charge is 2.32. The standard InChI is InChI=1S/C31H43N2O2S.BrH/c1-5-33(6-2,24-28-20-25(3)19-26(4)21-28)18-10-9-17-32(23-27-13-14-27)36(34,35)31-16-15-29-11-7-8-12-30(29)22-31;/h7-8,11-12,15-16,19-22,27H,5-6,9-10,13-14,17-18,23-24H2,1-4H3;1H/q+1;/p-1. The van der Waals surface area contributed by atoms with Crippen LogP contribution in [-0.2, 0) is 16.6 Å². The van der Waals surface area contributed by atoms with Crippen molar-refractivity contribution in [3.8, 4) is 0 Å². The van der Waals surface area contributed by atoms with E-state index in [9.17, 15) is 8.42 Å². The average molecular weight is 588 g/mol. The third-order valence-electron chi connectivity index (χ3n) is 7.95. The summed E-state index contributed by atoms with van der Waals surface area (Å²) in [6, 6.07) is 20.4. The molecule has 3 aromatic rings. The van der Waals surface area contributed by atoms with Crippen molar-refractivity contribution in [1.29, 1.82) is 0 Å². The molecule has 1 aliphatic rings. The summed E-state index contributed by atoms with van der Waals surface area (Å²) in [4.78, 5) is 0.420. The zero-order chi connectivity index (χ0) is 25.8. The molecule has 0 bridgehead atoms. The summed E-state index contributed by atoms with van der Waals surface area (Å²) in [6.45, 7) is 14.5. The molecule has 0 aliphatic heterocycles. The Hall–Kier alpha value is -1.73. The van der Waals surface area contributed by atoms with E-state index in [4.69, 9.17) is 0 Å². The molecule has 1 fully saturated rings. The number of sulfonamides is 1. The first kappa shape index (κ1) is 29.8. The monoisotopic (exact) mass is 586 g/mol. The number of unbranched alkanes of at least 4 members (excludes halogenated alkanes) is 1. The minimum Gasteiger partial charge on any atom is -1.00 e. The molecule has 1 saturated carbocycles. The molecule has 1 aliphatic carbocycles. The van der Waals surface area contributed by atoms with Crippen LogP contribution >= 0.6 is 0 Å². The summed E-state index contributed by atoms with van der Waals surface area (Å²) in [6.07, 6.45) is 4.21. The zero-order valence-electron chi connectivity index (χ0n) is 22.9. The lowest BCUT2D eigenvalue weighted by atomic mass is 10.1. The van der Waals surface area contributed by atoms with E-state index in [1.165, 1.54) is 16.7 Å². The fraction of sp³-hybridized carbons (Fsp3) is 0.484. The smallest absolute Gasteiger partial charge is 0.243 e. The van der Waals surface area contributed by atoms with Gasteiger partial charge >= 0.3 is 0 Å². The van der Waals surface area contributed by atoms with E-state index >= 15 is 0 Å². The lowest BCUT2D eigenvalue weighted by Gasteiger charge is -2.37. The Labute approximate surface area is 235 Å². The molecule has 0 radical (unpaired) electrons. The molecule has 0 atom stereocenters. The Balaban J connectivity index is 0.00000380. The first-order valence-electron chi connectivity index (χ1n) is 13.7. The number of aryl methyl sites for hydroxylation is 2. The van der Waals surface area contributed by atoms with E-state index in [0.29, 0.717) is 23.9 Å². The molecule has 202 valence electrons. The van der Waals surface area contributed by atoms with Crippen LogP contribution in [0.1, 0.15) is 56.2 Å². The quantitative estimate of drug-likeness (QED) is 0.226. The molecule has 4 nitrogen and oxygen atoms in total. The van der Waals surface area contributed by atoms with Gasteiger partial charge in [-0.1, -0.05) is 59.7 Å². The summed E-state index contributed by atoms with van der Waals surface area (Å²) >= 11 is 0. The van der Waals surface area contributed by atoms with E-state index in [0.717, 1.165) is 67.1 Å². The van der Waals surface area contributed by atoms with Crippen molar-refractivity contribution < 1.29 is 29.9 Å². The highest BCUT2D eigenvalue weighted by molar-refractivity contribution is 7.89. The highest BCUT2D eigenvalue weighted by Crippen LogP contribution is 2.32. The molecule has 4 rings (SSSR count). The minimum absolute atomic E-state index is 0. The third-order valence-corrected chi connectivity index (χ3v) is 9.81. The van der Waals surface area contributed by atoms with Crippen molar-refractivity contribution >= 4 is 20.8 Å². The summed E-state index contributed by atoms with van der Waals surface area (Å²) in [5.41, 5.74) is 4.06. The van der Waals surface area contributed by atoms with Crippen LogP contribution in [-0.4, -0.2) is 49.9 Å². The number of rotatable bonds is 13. The molecule has 0 heterocycles. The minimum atomic E-state index is -3.50. The van der Waals surface area contributed by atoms with Crippen LogP contribution in [0.15, 0.2) is 65.6 Å². The summed E-state index contributed by atoms with van der Waals surface area (Å²) in [5.74, 6) is 0.519. The lowest BCUT2D eigenvalue weighted by Crippen LogP contribution is -3.00. The number of hydrogen-bond donors (Lipinski definition) is 0. The van der Waals surface area contributed by atoms with Crippen molar-refractivity contribution in [1.82, 2.24) is 4.31 Å².